The number of thiazole rings is 1. The summed E-state index contributed by atoms with van der Waals surface area (Å²) in [7, 11) is 0. The summed E-state index contributed by atoms with van der Waals surface area (Å²) in [6, 6.07) is 0.120. The van der Waals surface area contributed by atoms with Crippen molar-refractivity contribution in [1.29, 1.82) is 0 Å². The second kappa shape index (κ2) is 5.97. The van der Waals surface area contributed by atoms with Crippen LogP contribution in [0, 0.1) is 6.92 Å². The number of piperidine rings is 1. The minimum absolute atomic E-state index is 0.0762. The van der Waals surface area contributed by atoms with E-state index in [1.165, 1.54) is 0 Å². The molecule has 6 heteroatoms. The summed E-state index contributed by atoms with van der Waals surface area (Å²) in [5, 5.41) is 7.32. The molecule has 21 heavy (non-hydrogen) atoms. The van der Waals surface area contributed by atoms with Crippen LogP contribution in [-0.4, -0.2) is 32.1 Å². The molecule has 1 aliphatic heterocycles. The van der Waals surface area contributed by atoms with E-state index in [4.69, 9.17) is 0 Å². The summed E-state index contributed by atoms with van der Waals surface area (Å²) < 4.78 is 1.79. The Morgan fingerprint density at radius 2 is 2.33 bits per heavy atom. The molecule has 1 unspecified atom stereocenters. The molecule has 3 rings (SSSR count). The van der Waals surface area contributed by atoms with E-state index in [-0.39, 0.29) is 11.9 Å². The number of hydrogen-bond donors (Lipinski definition) is 0. The Morgan fingerprint density at radius 1 is 1.48 bits per heavy atom. The lowest BCUT2D eigenvalue weighted by molar-refractivity contribution is 0.0611. The first-order chi connectivity index (χ1) is 10.2. The summed E-state index contributed by atoms with van der Waals surface area (Å²) in [5.74, 6) is 0.0762. The maximum Gasteiger partial charge on any atom is 0.257 e. The number of hydrogen-bond acceptors (Lipinski definition) is 4. The molecule has 0 spiro atoms. The Morgan fingerprint density at radius 3 is 3.00 bits per heavy atom. The zero-order chi connectivity index (χ0) is 14.8. The van der Waals surface area contributed by atoms with Crippen LogP contribution in [0.2, 0.25) is 0 Å². The van der Waals surface area contributed by atoms with Crippen molar-refractivity contribution in [2.45, 2.75) is 45.7 Å². The quantitative estimate of drug-likeness (QED) is 0.876. The number of rotatable bonds is 3. The SMILES string of the molecule is CCn1cc(C(=O)N2CCCCC2c2nc(C)cs2)cn1. The van der Waals surface area contributed by atoms with Crippen molar-refractivity contribution in [2.75, 3.05) is 6.54 Å². The van der Waals surface area contributed by atoms with Crippen LogP contribution < -0.4 is 0 Å². The van der Waals surface area contributed by atoms with Crippen LogP contribution in [0.25, 0.3) is 0 Å². The van der Waals surface area contributed by atoms with Gasteiger partial charge in [0, 0.05) is 30.4 Å². The molecule has 2 aromatic heterocycles. The third-order valence-electron chi connectivity index (χ3n) is 3.89. The molecule has 0 aromatic carbocycles. The van der Waals surface area contributed by atoms with E-state index >= 15 is 0 Å². The third kappa shape index (κ3) is 2.85. The fourth-order valence-corrected chi connectivity index (χ4v) is 3.71. The molecule has 0 N–H and O–H groups in total. The Kier molecular flexibility index (Phi) is 4.05. The molecule has 1 aliphatic rings. The number of likely N-dealkylation sites (tertiary alicyclic amines) is 1. The molecule has 5 nitrogen and oxygen atoms in total. The van der Waals surface area contributed by atoms with E-state index in [1.807, 2.05) is 24.9 Å². The highest BCUT2D eigenvalue weighted by Gasteiger charge is 2.31. The normalized spacial score (nSPS) is 19.0. The Bertz CT molecular complexity index is 633. The lowest BCUT2D eigenvalue weighted by atomic mass is 10.0. The van der Waals surface area contributed by atoms with Gasteiger partial charge in [0.2, 0.25) is 0 Å². The van der Waals surface area contributed by atoms with Crippen molar-refractivity contribution >= 4 is 17.2 Å². The highest BCUT2D eigenvalue weighted by atomic mass is 32.1. The molecule has 112 valence electrons. The maximum absolute atomic E-state index is 12.8. The van der Waals surface area contributed by atoms with Crippen LogP contribution in [0.3, 0.4) is 0 Å². The number of aromatic nitrogens is 3. The van der Waals surface area contributed by atoms with Crippen molar-refractivity contribution in [3.8, 4) is 0 Å². The van der Waals surface area contributed by atoms with Gasteiger partial charge in [-0.2, -0.15) is 5.10 Å². The molecule has 1 atom stereocenters. The minimum atomic E-state index is 0.0762. The lowest BCUT2D eigenvalue weighted by Gasteiger charge is -2.34. The summed E-state index contributed by atoms with van der Waals surface area (Å²) in [4.78, 5) is 19.3. The number of carbonyl (C=O) groups excluding carboxylic acids is 1. The van der Waals surface area contributed by atoms with Gasteiger partial charge in [-0.3, -0.25) is 9.48 Å². The first-order valence-electron chi connectivity index (χ1n) is 7.44. The second-order valence-electron chi connectivity index (χ2n) is 5.42. The lowest BCUT2D eigenvalue weighted by Crippen LogP contribution is -2.38. The molecule has 0 radical (unpaired) electrons. The van der Waals surface area contributed by atoms with Gasteiger partial charge in [-0.1, -0.05) is 0 Å². The number of carbonyl (C=O) groups is 1. The van der Waals surface area contributed by atoms with Crippen LogP contribution in [0.4, 0.5) is 0 Å². The standard InChI is InChI=1S/C15H20N4OS/c1-3-18-9-12(8-16-18)15(20)19-7-5-4-6-13(19)14-17-11(2)10-21-14/h8-10,13H,3-7H2,1-2H3. The molecular formula is C15H20N4OS. The zero-order valence-corrected chi connectivity index (χ0v) is 13.3. The summed E-state index contributed by atoms with van der Waals surface area (Å²) in [6.45, 7) is 5.60. The zero-order valence-electron chi connectivity index (χ0n) is 12.5. The molecule has 3 heterocycles. The molecule has 0 saturated carbocycles. The first-order valence-corrected chi connectivity index (χ1v) is 8.32. The van der Waals surface area contributed by atoms with E-state index in [9.17, 15) is 4.79 Å². The van der Waals surface area contributed by atoms with E-state index in [0.717, 1.165) is 43.1 Å². The first kappa shape index (κ1) is 14.3. The van der Waals surface area contributed by atoms with Crippen LogP contribution in [0.15, 0.2) is 17.8 Å². The van der Waals surface area contributed by atoms with Gasteiger partial charge in [-0.15, -0.1) is 11.3 Å². The molecule has 0 aliphatic carbocycles. The van der Waals surface area contributed by atoms with Crippen molar-refractivity contribution in [3.63, 3.8) is 0 Å². The largest absolute Gasteiger partial charge is 0.329 e. The van der Waals surface area contributed by atoms with E-state index in [0.29, 0.717) is 5.56 Å². The summed E-state index contributed by atoms with van der Waals surface area (Å²) >= 11 is 1.66. The van der Waals surface area contributed by atoms with Gasteiger partial charge in [0.15, 0.2) is 0 Å². The van der Waals surface area contributed by atoms with Gasteiger partial charge in [-0.05, 0) is 33.1 Å². The van der Waals surface area contributed by atoms with Crippen molar-refractivity contribution in [2.24, 2.45) is 0 Å². The molecule has 1 fully saturated rings. The highest BCUT2D eigenvalue weighted by Crippen LogP contribution is 2.33. The smallest absolute Gasteiger partial charge is 0.257 e. The fourth-order valence-electron chi connectivity index (χ4n) is 2.77. The average Bonchev–Trinajstić information content (AvgIpc) is 3.15. The van der Waals surface area contributed by atoms with Crippen molar-refractivity contribution in [3.05, 3.63) is 34.0 Å². The molecular weight excluding hydrogens is 284 g/mol. The monoisotopic (exact) mass is 304 g/mol. The van der Waals surface area contributed by atoms with Gasteiger partial charge in [0.25, 0.3) is 5.91 Å². The molecule has 0 bridgehead atoms. The van der Waals surface area contributed by atoms with Gasteiger partial charge in [0.1, 0.15) is 5.01 Å². The van der Waals surface area contributed by atoms with Crippen LogP contribution in [-0.2, 0) is 6.54 Å². The van der Waals surface area contributed by atoms with Crippen molar-refractivity contribution in [1.82, 2.24) is 19.7 Å². The van der Waals surface area contributed by atoms with Crippen LogP contribution >= 0.6 is 11.3 Å². The van der Waals surface area contributed by atoms with Gasteiger partial charge in [0.05, 0.1) is 17.8 Å². The number of amides is 1. The minimum Gasteiger partial charge on any atom is -0.329 e. The molecule has 2 aromatic rings. The summed E-state index contributed by atoms with van der Waals surface area (Å²) in [5.41, 5.74) is 1.71. The van der Waals surface area contributed by atoms with Crippen LogP contribution in [0.1, 0.15) is 53.3 Å². The Labute approximate surface area is 128 Å². The Balaban J connectivity index is 1.85. The predicted molar refractivity (Wildman–Crippen MR) is 82.4 cm³/mol. The molecule has 1 amide bonds. The average molecular weight is 304 g/mol. The maximum atomic E-state index is 12.8. The fraction of sp³-hybridized carbons (Fsp3) is 0.533. The van der Waals surface area contributed by atoms with E-state index in [1.54, 1.807) is 22.2 Å². The van der Waals surface area contributed by atoms with Gasteiger partial charge >= 0.3 is 0 Å². The topological polar surface area (TPSA) is 51.0 Å². The van der Waals surface area contributed by atoms with Crippen LogP contribution in [0.5, 0.6) is 0 Å². The van der Waals surface area contributed by atoms with Crippen molar-refractivity contribution < 1.29 is 4.79 Å². The number of nitrogens with zero attached hydrogens (tertiary/aromatic N) is 4. The van der Waals surface area contributed by atoms with E-state index in [2.05, 4.69) is 15.5 Å². The van der Waals surface area contributed by atoms with E-state index < -0.39 is 0 Å². The Hall–Kier alpha value is -1.69. The summed E-state index contributed by atoms with van der Waals surface area (Å²) in [6.07, 6.45) is 6.72. The predicted octanol–water partition coefficient (Wildman–Crippen LogP) is 3.04. The molecule has 1 saturated heterocycles. The highest BCUT2D eigenvalue weighted by molar-refractivity contribution is 7.09. The third-order valence-corrected chi connectivity index (χ3v) is 4.95. The second-order valence-corrected chi connectivity index (χ2v) is 6.31. The van der Waals surface area contributed by atoms with Gasteiger partial charge in [-0.25, -0.2) is 4.98 Å². The number of aryl methyl sites for hydroxylation is 2. The van der Waals surface area contributed by atoms with Gasteiger partial charge < -0.3 is 4.90 Å².